The van der Waals surface area contributed by atoms with E-state index in [1.165, 1.54) is 0 Å². The van der Waals surface area contributed by atoms with E-state index in [9.17, 15) is 15.0 Å². The van der Waals surface area contributed by atoms with E-state index in [1.807, 2.05) is 0 Å². The molecule has 1 aliphatic heterocycles. The van der Waals surface area contributed by atoms with Crippen LogP contribution in [-0.4, -0.2) is 28.8 Å². The molecule has 1 amide bonds. The molecule has 0 aliphatic carbocycles. The Balaban J connectivity index is 2.19. The van der Waals surface area contributed by atoms with Crippen LogP contribution in [-0.2, 0) is 6.54 Å². The predicted molar refractivity (Wildman–Crippen MR) is 62.6 cm³/mol. The van der Waals surface area contributed by atoms with E-state index < -0.39 is 12.2 Å². The first kappa shape index (κ1) is 12.4. The van der Waals surface area contributed by atoms with Crippen LogP contribution >= 0.6 is 0 Å². The maximum absolute atomic E-state index is 11.3. The molecule has 0 aromatic heterocycles. The summed E-state index contributed by atoms with van der Waals surface area (Å²) in [5.74, 6) is -0.138. The fourth-order valence-electron chi connectivity index (χ4n) is 1.88. The normalized spacial score (nSPS) is 16.4. The topological polar surface area (TPSA) is 118 Å². The van der Waals surface area contributed by atoms with E-state index in [2.05, 4.69) is 15.3 Å². The number of benzene rings is 1. The van der Waals surface area contributed by atoms with Crippen LogP contribution in [0.25, 0.3) is 10.4 Å². The summed E-state index contributed by atoms with van der Waals surface area (Å²) in [5.41, 5.74) is 10.00. The molecule has 0 fully saturated rings. The van der Waals surface area contributed by atoms with Gasteiger partial charge in [0.05, 0.1) is 12.6 Å². The monoisotopic (exact) mass is 248 g/mol. The van der Waals surface area contributed by atoms with Crippen molar-refractivity contribution < 1.29 is 15.0 Å². The maximum Gasteiger partial charge on any atom is 0.251 e. The molecule has 94 valence electrons. The molecule has 7 nitrogen and oxygen atoms in total. The molecule has 3 N–H and O–H groups in total. The Morgan fingerprint density at radius 2 is 2.28 bits per heavy atom. The molecule has 7 heteroatoms. The highest BCUT2D eigenvalue weighted by molar-refractivity contribution is 5.98. The molecule has 2 unspecified atom stereocenters. The van der Waals surface area contributed by atoms with Gasteiger partial charge in [0.15, 0.2) is 0 Å². The van der Waals surface area contributed by atoms with Crippen LogP contribution in [0.4, 0.5) is 0 Å². The van der Waals surface area contributed by atoms with Crippen LogP contribution in [0.5, 0.6) is 0 Å². The Hall–Kier alpha value is -2.08. The largest absolute Gasteiger partial charge is 0.390 e. The second-order valence-corrected chi connectivity index (χ2v) is 4.02. The smallest absolute Gasteiger partial charge is 0.251 e. The zero-order valence-corrected chi connectivity index (χ0v) is 9.45. The van der Waals surface area contributed by atoms with Crippen LogP contribution < -0.4 is 5.32 Å². The highest BCUT2D eigenvalue weighted by Gasteiger charge is 2.22. The second kappa shape index (κ2) is 5.05. The molecule has 2 rings (SSSR count). The lowest BCUT2D eigenvalue weighted by atomic mass is 9.99. The molecule has 1 heterocycles. The van der Waals surface area contributed by atoms with E-state index in [0.29, 0.717) is 17.7 Å². The fourth-order valence-corrected chi connectivity index (χ4v) is 1.88. The van der Waals surface area contributed by atoms with Crippen molar-refractivity contribution in [2.75, 3.05) is 6.54 Å². The molecule has 0 radical (unpaired) electrons. The summed E-state index contributed by atoms with van der Waals surface area (Å²) in [6.45, 7) is 0.215. The Kier molecular flexibility index (Phi) is 3.47. The standard InChI is InChI=1S/C11H12N4O3/c12-15-14-5-9(16)10(17)6-1-2-8-7(3-6)4-13-11(8)18/h1-3,9-10,16-17H,4-5H2,(H,13,18). The molecule has 0 saturated carbocycles. The number of azide groups is 1. The van der Waals surface area contributed by atoms with Crippen molar-refractivity contribution in [3.8, 4) is 0 Å². The van der Waals surface area contributed by atoms with E-state index >= 15 is 0 Å². The second-order valence-electron chi connectivity index (χ2n) is 4.02. The molecule has 2 atom stereocenters. The van der Waals surface area contributed by atoms with Crippen molar-refractivity contribution in [3.63, 3.8) is 0 Å². The summed E-state index contributed by atoms with van der Waals surface area (Å²) in [6.07, 6.45) is -2.31. The summed E-state index contributed by atoms with van der Waals surface area (Å²) in [7, 11) is 0. The minimum atomic E-state index is -1.16. The number of rotatable bonds is 4. The molecule has 18 heavy (non-hydrogen) atoms. The molecule has 0 saturated heterocycles. The number of carbonyl (C=O) groups is 1. The summed E-state index contributed by atoms with van der Waals surface area (Å²) < 4.78 is 0. The molecule has 0 bridgehead atoms. The van der Waals surface area contributed by atoms with Gasteiger partial charge in [0.1, 0.15) is 6.10 Å². The first-order valence-corrected chi connectivity index (χ1v) is 5.41. The first-order valence-electron chi connectivity index (χ1n) is 5.41. The lowest BCUT2D eigenvalue weighted by molar-refractivity contribution is 0.0244. The Bertz CT molecular complexity index is 525. The van der Waals surface area contributed by atoms with Crippen LogP contribution in [0.1, 0.15) is 27.6 Å². The number of amides is 1. The van der Waals surface area contributed by atoms with Crippen molar-refractivity contribution in [2.45, 2.75) is 18.8 Å². The number of aliphatic hydroxyl groups is 2. The summed E-state index contributed by atoms with van der Waals surface area (Å²) >= 11 is 0. The van der Waals surface area contributed by atoms with Crippen LogP contribution in [0.3, 0.4) is 0 Å². The number of fused-ring (bicyclic) bond motifs is 1. The Morgan fingerprint density at radius 1 is 1.50 bits per heavy atom. The highest BCUT2D eigenvalue weighted by atomic mass is 16.3. The summed E-state index contributed by atoms with van der Waals surface area (Å²) in [5, 5.41) is 25.4. The van der Waals surface area contributed by atoms with Gasteiger partial charge in [-0.3, -0.25) is 4.79 Å². The number of carbonyl (C=O) groups excluding carboxylic acids is 1. The average Bonchev–Trinajstić information content (AvgIpc) is 2.76. The van der Waals surface area contributed by atoms with Gasteiger partial charge in [0.2, 0.25) is 0 Å². The fraction of sp³-hybridized carbons (Fsp3) is 0.364. The lowest BCUT2D eigenvalue weighted by Gasteiger charge is -2.16. The SMILES string of the molecule is [N-]=[N+]=NCC(O)C(O)c1ccc2c(c1)CNC2=O. The van der Waals surface area contributed by atoms with E-state index in [1.54, 1.807) is 18.2 Å². The van der Waals surface area contributed by atoms with Gasteiger partial charge in [-0.15, -0.1) is 0 Å². The molecular weight excluding hydrogens is 236 g/mol. The Labute approximate surface area is 103 Å². The maximum atomic E-state index is 11.3. The van der Waals surface area contributed by atoms with E-state index in [0.717, 1.165) is 5.56 Å². The van der Waals surface area contributed by atoms with Gasteiger partial charge in [-0.25, -0.2) is 0 Å². The third kappa shape index (κ3) is 2.28. The zero-order chi connectivity index (χ0) is 13.1. The van der Waals surface area contributed by atoms with Crippen molar-refractivity contribution in [2.24, 2.45) is 5.11 Å². The number of aliphatic hydroxyl groups excluding tert-OH is 2. The highest BCUT2D eigenvalue weighted by Crippen LogP contribution is 2.23. The lowest BCUT2D eigenvalue weighted by Crippen LogP contribution is -2.21. The summed E-state index contributed by atoms with van der Waals surface area (Å²) in [4.78, 5) is 13.9. The van der Waals surface area contributed by atoms with Gasteiger partial charge in [-0.2, -0.15) is 0 Å². The zero-order valence-electron chi connectivity index (χ0n) is 9.45. The van der Waals surface area contributed by atoms with Gasteiger partial charge in [0, 0.05) is 17.0 Å². The van der Waals surface area contributed by atoms with E-state index in [-0.39, 0.29) is 12.5 Å². The number of nitrogens with one attached hydrogen (secondary N) is 1. The molecule has 1 aliphatic rings. The molecule has 1 aromatic carbocycles. The third-order valence-corrected chi connectivity index (χ3v) is 2.85. The van der Waals surface area contributed by atoms with Crippen molar-refractivity contribution >= 4 is 5.91 Å². The van der Waals surface area contributed by atoms with Crippen LogP contribution in [0.2, 0.25) is 0 Å². The molecule has 1 aromatic rings. The molecule has 0 spiro atoms. The average molecular weight is 248 g/mol. The van der Waals surface area contributed by atoms with Crippen molar-refractivity contribution in [3.05, 3.63) is 45.3 Å². The van der Waals surface area contributed by atoms with Gasteiger partial charge in [0.25, 0.3) is 5.91 Å². The van der Waals surface area contributed by atoms with E-state index in [4.69, 9.17) is 5.53 Å². The first-order chi connectivity index (χ1) is 8.63. The third-order valence-electron chi connectivity index (χ3n) is 2.85. The number of nitrogens with zero attached hydrogens (tertiary/aromatic N) is 3. The van der Waals surface area contributed by atoms with Gasteiger partial charge in [-0.1, -0.05) is 17.2 Å². The van der Waals surface area contributed by atoms with Crippen molar-refractivity contribution in [1.29, 1.82) is 0 Å². The van der Waals surface area contributed by atoms with Gasteiger partial charge < -0.3 is 15.5 Å². The minimum Gasteiger partial charge on any atom is -0.390 e. The van der Waals surface area contributed by atoms with Crippen LogP contribution in [0.15, 0.2) is 23.3 Å². The Morgan fingerprint density at radius 3 is 3.00 bits per heavy atom. The quantitative estimate of drug-likeness (QED) is 0.412. The minimum absolute atomic E-state index is 0.138. The number of hydrogen-bond donors (Lipinski definition) is 3. The molecular formula is C11H12N4O3. The summed E-state index contributed by atoms with van der Waals surface area (Å²) in [6, 6.07) is 4.85. The van der Waals surface area contributed by atoms with Gasteiger partial charge >= 0.3 is 0 Å². The van der Waals surface area contributed by atoms with Crippen LogP contribution in [0, 0.1) is 0 Å². The predicted octanol–water partition coefficient (Wildman–Crippen LogP) is 0.635. The van der Waals surface area contributed by atoms with Gasteiger partial charge in [-0.05, 0) is 22.7 Å². The number of hydrogen-bond acceptors (Lipinski definition) is 4. The van der Waals surface area contributed by atoms with Crippen molar-refractivity contribution in [1.82, 2.24) is 5.32 Å².